The fourth-order valence-corrected chi connectivity index (χ4v) is 0.0913. The van der Waals surface area contributed by atoms with Gasteiger partial charge in [0.05, 0.1) is 0 Å². The molecule has 3 nitrogen and oxygen atoms in total. The number of rotatable bonds is 2. The van der Waals surface area contributed by atoms with E-state index in [1.807, 2.05) is 0 Å². The minimum atomic E-state index is -1.21. The summed E-state index contributed by atoms with van der Waals surface area (Å²) in [6, 6.07) is 0. The summed E-state index contributed by atoms with van der Waals surface area (Å²) in [5.41, 5.74) is 0. The predicted molar refractivity (Wildman–Crippen MR) is 16.7 cm³/mol. The summed E-state index contributed by atoms with van der Waals surface area (Å²) >= 11 is 0. The van der Waals surface area contributed by atoms with Gasteiger partial charge in [-0.15, -0.1) is 0 Å². The zero-order valence-corrected chi connectivity index (χ0v) is 6.18. The molecule has 0 bridgehead atoms. The second-order valence-electron chi connectivity index (χ2n) is 0.846. The minimum Gasteiger partial charge on any atom is -0.550 e. The molecule has 0 rings (SSSR count). The molecule has 4 heteroatoms. The Morgan fingerprint density at radius 3 is 2.14 bits per heavy atom. The van der Waals surface area contributed by atoms with Gasteiger partial charge in [-0.3, -0.25) is 0 Å². The van der Waals surface area contributed by atoms with Crippen LogP contribution < -0.4 is 34.7 Å². The van der Waals surface area contributed by atoms with Crippen molar-refractivity contribution >= 4 is 5.97 Å². The van der Waals surface area contributed by atoms with Crippen molar-refractivity contribution in [2.24, 2.45) is 0 Å². The van der Waals surface area contributed by atoms with E-state index in [0.717, 1.165) is 0 Å². The van der Waals surface area contributed by atoms with Gasteiger partial charge in [-0.25, -0.2) is 0 Å². The van der Waals surface area contributed by atoms with Crippen molar-refractivity contribution in [3.8, 4) is 0 Å². The maximum Gasteiger partial charge on any atom is 1.00 e. The van der Waals surface area contributed by atoms with E-state index >= 15 is 0 Å². The van der Waals surface area contributed by atoms with Gasteiger partial charge >= 0.3 is 29.6 Å². The average Bonchev–Trinajstić information content (AvgIpc) is 1.35. The first-order valence-corrected chi connectivity index (χ1v) is 1.58. The van der Waals surface area contributed by atoms with Crippen LogP contribution in [0.1, 0.15) is 6.42 Å². The third-order valence-corrected chi connectivity index (χ3v) is 0.316. The molecule has 7 heavy (non-hydrogen) atoms. The monoisotopic (exact) mass is 115 g/mol. The Morgan fingerprint density at radius 2 is 2.14 bits per heavy atom. The van der Waals surface area contributed by atoms with E-state index in [1.54, 1.807) is 0 Å². The number of aliphatic hydroxyl groups is 1. The van der Waals surface area contributed by atoms with Crippen molar-refractivity contribution in [2.45, 2.75) is 6.42 Å². The van der Waals surface area contributed by atoms with Crippen LogP contribution in [-0.4, -0.2) is 17.7 Å². The smallest absolute Gasteiger partial charge is 0.550 e. The van der Waals surface area contributed by atoms with Crippen LogP contribution in [0.3, 0.4) is 0 Å². The van der Waals surface area contributed by atoms with Gasteiger partial charge in [0, 0.05) is 19.0 Å². The summed E-state index contributed by atoms with van der Waals surface area (Å²) in [5, 5.41) is 17.1. The third kappa shape index (κ3) is 10.7. The van der Waals surface area contributed by atoms with E-state index in [9.17, 15) is 9.90 Å². The fraction of sp³-hybridized carbons (Fsp3) is 0.667. The van der Waals surface area contributed by atoms with E-state index in [4.69, 9.17) is 5.11 Å². The van der Waals surface area contributed by atoms with Crippen molar-refractivity contribution in [3.05, 3.63) is 0 Å². The first kappa shape index (κ1) is 10.4. The molecule has 0 aromatic carbocycles. The maximum atomic E-state index is 9.33. The van der Waals surface area contributed by atoms with Gasteiger partial charge in [0.1, 0.15) is 0 Å². The van der Waals surface area contributed by atoms with Gasteiger partial charge in [-0.05, 0) is 0 Å². The Morgan fingerprint density at radius 1 is 1.71 bits per heavy atom. The number of aliphatic carboxylic acids is 1. The van der Waals surface area contributed by atoms with Gasteiger partial charge in [0.15, 0.2) is 0 Å². The Kier molecular flexibility index (Phi) is 9.57. The number of carbonyl (C=O) groups excluding carboxylic acids is 1. The zero-order chi connectivity index (χ0) is 4.99. The van der Waals surface area contributed by atoms with Crippen LogP contribution >= 0.6 is 0 Å². The Balaban J connectivity index is 0. The van der Waals surface area contributed by atoms with Gasteiger partial charge in [-0.2, -0.15) is 0 Å². The molecule has 0 atom stereocenters. The third-order valence-electron chi connectivity index (χ3n) is 0.316. The second kappa shape index (κ2) is 6.43. The summed E-state index contributed by atoms with van der Waals surface area (Å²) in [6.45, 7) is -0.331. The van der Waals surface area contributed by atoms with E-state index in [1.165, 1.54) is 0 Å². The molecule has 0 heterocycles. The minimum absolute atomic E-state index is 0. The summed E-state index contributed by atoms with van der Waals surface area (Å²) in [6.07, 6.45) is -0.264. The number of aliphatic hydroxyl groups excluding tert-OH is 1. The molecule has 1 N–H and O–H groups in total. The number of carboxylic acids is 1. The molecule has 0 amide bonds. The Labute approximate surface area is 63.6 Å². The predicted octanol–water partition coefficient (Wildman–Crippen LogP) is -4.88. The molecule has 0 aromatic heterocycles. The molecular formula is C3H5NaO3. The fourth-order valence-electron chi connectivity index (χ4n) is 0.0913. The largest absolute Gasteiger partial charge is 1.00 e. The Hall–Kier alpha value is 0.430. The molecule has 0 saturated carbocycles. The van der Waals surface area contributed by atoms with Crippen LogP contribution in [0.4, 0.5) is 0 Å². The molecule has 0 spiro atoms. The van der Waals surface area contributed by atoms with E-state index in [0.29, 0.717) is 0 Å². The van der Waals surface area contributed by atoms with Crippen LogP contribution in [0.2, 0.25) is 0 Å². The standard InChI is InChI=1S/C3H6O3.Na/c4-2-1-3(5)6;/h4H,1-2H2,(H,5,6);/q;+1/p-1/i1+1,2+1,3+1;. The number of hydrogen-bond donors (Lipinski definition) is 1. The molecule has 0 aliphatic heterocycles. The van der Waals surface area contributed by atoms with Crippen LogP contribution in [-0.2, 0) is 4.79 Å². The molecule has 36 valence electrons. The van der Waals surface area contributed by atoms with Gasteiger partial charge in [0.25, 0.3) is 0 Å². The van der Waals surface area contributed by atoms with Crippen LogP contribution in [0, 0.1) is 0 Å². The van der Waals surface area contributed by atoms with Crippen molar-refractivity contribution in [1.29, 1.82) is 0 Å². The van der Waals surface area contributed by atoms with Crippen molar-refractivity contribution in [3.63, 3.8) is 0 Å². The van der Waals surface area contributed by atoms with E-state index in [-0.39, 0.29) is 42.6 Å². The first-order valence-electron chi connectivity index (χ1n) is 1.58. The van der Waals surface area contributed by atoms with Crippen LogP contribution in [0.5, 0.6) is 0 Å². The van der Waals surface area contributed by atoms with Gasteiger partial charge in [-0.1, -0.05) is 0 Å². The molecular weight excluding hydrogens is 110 g/mol. The molecule has 0 fully saturated rings. The molecule has 0 aromatic rings. The summed E-state index contributed by atoms with van der Waals surface area (Å²) in [5.74, 6) is -1.21. The molecule has 0 aliphatic rings. The average molecular weight is 115 g/mol. The van der Waals surface area contributed by atoms with Crippen LogP contribution in [0.25, 0.3) is 0 Å². The molecule has 0 saturated heterocycles. The topological polar surface area (TPSA) is 60.4 Å². The molecule has 0 radical (unpaired) electrons. The summed E-state index contributed by atoms with van der Waals surface area (Å²) in [7, 11) is 0. The molecule has 0 aliphatic carbocycles. The van der Waals surface area contributed by atoms with Gasteiger partial charge in [0.2, 0.25) is 0 Å². The van der Waals surface area contributed by atoms with Gasteiger partial charge < -0.3 is 15.0 Å². The molecule has 0 unspecified atom stereocenters. The zero-order valence-electron chi connectivity index (χ0n) is 4.18. The van der Waals surface area contributed by atoms with Crippen molar-refractivity contribution < 1.29 is 44.6 Å². The summed E-state index contributed by atoms with van der Waals surface area (Å²) in [4.78, 5) is 9.33. The second-order valence-corrected chi connectivity index (χ2v) is 0.846. The van der Waals surface area contributed by atoms with Crippen molar-refractivity contribution in [2.75, 3.05) is 6.61 Å². The number of carboxylic acid groups (broad SMARTS) is 1. The first-order chi connectivity index (χ1) is 2.77. The van der Waals surface area contributed by atoms with E-state index in [2.05, 4.69) is 0 Å². The van der Waals surface area contributed by atoms with Crippen molar-refractivity contribution in [1.82, 2.24) is 0 Å². The quantitative estimate of drug-likeness (QED) is 0.290. The maximum absolute atomic E-state index is 9.33. The number of carbonyl (C=O) groups is 1. The SMILES string of the molecule is O=[13C]([O-])[13CH2][13CH2]O.[Na+]. The Bertz CT molecular complexity index is 54.1. The normalized spacial score (nSPS) is 7.00. The van der Waals surface area contributed by atoms with E-state index < -0.39 is 5.97 Å². The summed E-state index contributed by atoms with van der Waals surface area (Å²) < 4.78 is 0. The van der Waals surface area contributed by atoms with Crippen LogP contribution in [0.15, 0.2) is 0 Å². The number of hydrogen-bond acceptors (Lipinski definition) is 3.